The molecular formula is C21H18N2O4. The maximum absolute atomic E-state index is 12.7. The predicted octanol–water partition coefficient (Wildman–Crippen LogP) is 4.12. The van der Waals surface area contributed by atoms with Crippen LogP contribution in [0.25, 0.3) is 0 Å². The van der Waals surface area contributed by atoms with Gasteiger partial charge in [-0.05, 0) is 29.3 Å². The number of nitrogens with one attached hydrogen (secondary N) is 1. The molecule has 0 spiro atoms. The van der Waals surface area contributed by atoms with Crippen molar-refractivity contribution < 1.29 is 14.5 Å². The number of ether oxygens (including phenoxy) is 1. The van der Waals surface area contributed by atoms with E-state index in [1.54, 1.807) is 13.2 Å². The molecule has 6 nitrogen and oxygen atoms in total. The molecule has 136 valence electrons. The quantitative estimate of drug-likeness (QED) is 0.528. The van der Waals surface area contributed by atoms with Crippen molar-refractivity contribution in [1.29, 1.82) is 0 Å². The number of carbonyl (C=O) groups is 1. The molecule has 0 heterocycles. The van der Waals surface area contributed by atoms with E-state index in [-0.39, 0.29) is 17.2 Å². The van der Waals surface area contributed by atoms with Crippen molar-refractivity contribution in [3.8, 4) is 5.75 Å². The van der Waals surface area contributed by atoms with Crippen molar-refractivity contribution in [2.45, 2.75) is 6.04 Å². The summed E-state index contributed by atoms with van der Waals surface area (Å²) in [6.07, 6.45) is 0. The minimum atomic E-state index is -0.519. The van der Waals surface area contributed by atoms with Gasteiger partial charge in [0.15, 0.2) is 0 Å². The molecule has 0 fully saturated rings. The summed E-state index contributed by atoms with van der Waals surface area (Å²) in [6, 6.07) is 22.2. The van der Waals surface area contributed by atoms with E-state index in [4.69, 9.17) is 4.74 Å². The van der Waals surface area contributed by atoms with Crippen LogP contribution in [0.3, 0.4) is 0 Å². The molecule has 0 radical (unpaired) electrons. The van der Waals surface area contributed by atoms with E-state index in [1.807, 2.05) is 54.6 Å². The summed E-state index contributed by atoms with van der Waals surface area (Å²) in [7, 11) is 1.59. The third kappa shape index (κ3) is 4.30. The normalized spacial score (nSPS) is 11.4. The highest BCUT2D eigenvalue weighted by Gasteiger charge is 2.19. The summed E-state index contributed by atoms with van der Waals surface area (Å²) >= 11 is 0. The number of hydrogen-bond donors (Lipinski definition) is 1. The molecule has 1 amide bonds. The molecule has 27 heavy (non-hydrogen) atoms. The number of carbonyl (C=O) groups excluding carboxylic acids is 1. The Morgan fingerprint density at radius 2 is 1.63 bits per heavy atom. The second-order valence-corrected chi connectivity index (χ2v) is 5.90. The monoisotopic (exact) mass is 362 g/mol. The maximum Gasteiger partial charge on any atom is 0.270 e. The molecule has 0 aliphatic heterocycles. The van der Waals surface area contributed by atoms with E-state index in [9.17, 15) is 14.9 Å². The van der Waals surface area contributed by atoms with Crippen molar-refractivity contribution in [2.75, 3.05) is 7.11 Å². The lowest BCUT2D eigenvalue weighted by Gasteiger charge is -2.20. The molecule has 3 rings (SSSR count). The highest BCUT2D eigenvalue weighted by molar-refractivity contribution is 5.95. The number of benzene rings is 3. The molecule has 0 aromatic heterocycles. The molecule has 0 bridgehead atoms. The van der Waals surface area contributed by atoms with Gasteiger partial charge in [-0.1, -0.05) is 48.5 Å². The van der Waals surface area contributed by atoms with Crippen molar-refractivity contribution >= 4 is 11.6 Å². The number of nitrogens with zero attached hydrogens (tertiary/aromatic N) is 1. The fraction of sp³-hybridized carbons (Fsp3) is 0.0952. The molecular weight excluding hydrogens is 344 g/mol. The van der Waals surface area contributed by atoms with Crippen LogP contribution < -0.4 is 10.1 Å². The second-order valence-electron chi connectivity index (χ2n) is 5.90. The van der Waals surface area contributed by atoms with Crippen LogP contribution in [0.4, 0.5) is 5.69 Å². The number of nitro groups is 1. The molecule has 3 aromatic carbocycles. The van der Waals surface area contributed by atoms with Gasteiger partial charge >= 0.3 is 0 Å². The molecule has 0 aliphatic rings. The van der Waals surface area contributed by atoms with Gasteiger partial charge in [0.1, 0.15) is 5.75 Å². The first-order valence-corrected chi connectivity index (χ1v) is 8.32. The van der Waals surface area contributed by atoms with Crippen LogP contribution in [0.2, 0.25) is 0 Å². The zero-order valence-corrected chi connectivity index (χ0v) is 14.7. The van der Waals surface area contributed by atoms with E-state index in [2.05, 4.69) is 5.32 Å². The Kier molecular flexibility index (Phi) is 5.47. The Labute approximate surface area is 156 Å². The number of nitro benzene ring substituents is 1. The van der Waals surface area contributed by atoms with Crippen molar-refractivity contribution in [3.63, 3.8) is 0 Å². The van der Waals surface area contributed by atoms with Gasteiger partial charge < -0.3 is 10.1 Å². The minimum absolute atomic E-state index is 0.122. The number of methoxy groups -OCH3 is 1. The molecule has 0 saturated carbocycles. The molecule has 1 N–H and O–H groups in total. The topological polar surface area (TPSA) is 81.5 Å². The van der Waals surface area contributed by atoms with E-state index in [1.165, 1.54) is 18.2 Å². The summed E-state index contributed by atoms with van der Waals surface area (Å²) in [5.41, 5.74) is 1.89. The summed E-state index contributed by atoms with van der Waals surface area (Å²) in [6.45, 7) is 0. The van der Waals surface area contributed by atoms with Gasteiger partial charge in [0.2, 0.25) is 0 Å². The molecule has 0 unspecified atom stereocenters. The Hall–Kier alpha value is -3.67. The number of amides is 1. The SMILES string of the molecule is COc1ccc([C@@H](NC(=O)c2cccc([N+](=O)[O-])c2)c2ccccc2)cc1. The zero-order valence-electron chi connectivity index (χ0n) is 14.7. The highest BCUT2D eigenvalue weighted by atomic mass is 16.6. The maximum atomic E-state index is 12.7. The van der Waals surface area contributed by atoms with Crippen LogP contribution in [0.5, 0.6) is 5.75 Å². The Bertz CT molecular complexity index is 940. The van der Waals surface area contributed by atoms with Gasteiger partial charge in [-0.3, -0.25) is 14.9 Å². The first-order chi connectivity index (χ1) is 13.1. The third-order valence-electron chi connectivity index (χ3n) is 4.18. The van der Waals surface area contributed by atoms with E-state index in [0.717, 1.165) is 16.9 Å². The van der Waals surface area contributed by atoms with E-state index < -0.39 is 11.0 Å². The van der Waals surface area contributed by atoms with Gasteiger partial charge in [-0.15, -0.1) is 0 Å². The largest absolute Gasteiger partial charge is 0.497 e. The van der Waals surface area contributed by atoms with E-state index in [0.29, 0.717) is 0 Å². The lowest BCUT2D eigenvalue weighted by Crippen LogP contribution is -2.29. The highest BCUT2D eigenvalue weighted by Crippen LogP contribution is 2.25. The van der Waals surface area contributed by atoms with Gasteiger partial charge in [0, 0.05) is 17.7 Å². The van der Waals surface area contributed by atoms with Gasteiger partial charge in [-0.2, -0.15) is 0 Å². The van der Waals surface area contributed by atoms with Crippen LogP contribution in [0.15, 0.2) is 78.9 Å². The molecule has 1 atom stereocenters. The van der Waals surface area contributed by atoms with Crippen LogP contribution in [0, 0.1) is 10.1 Å². The third-order valence-corrected chi connectivity index (χ3v) is 4.18. The standard InChI is InChI=1S/C21H18N2O4/c1-27-19-12-10-16(11-13-19)20(15-6-3-2-4-7-15)22-21(24)17-8-5-9-18(14-17)23(25)26/h2-14,20H,1H3,(H,22,24)/t20-/m0/s1. The van der Waals surface area contributed by atoms with Gasteiger partial charge in [0.25, 0.3) is 11.6 Å². The summed E-state index contributed by atoms with van der Waals surface area (Å²) in [5.74, 6) is 0.332. The first kappa shape index (κ1) is 18.1. The van der Waals surface area contributed by atoms with Gasteiger partial charge in [0.05, 0.1) is 18.1 Å². The van der Waals surface area contributed by atoms with Crippen LogP contribution >= 0.6 is 0 Å². The van der Waals surface area contributed by atoms with E-state index >= 15 is 0 Å². The van der Waals surface area contributed by atoms with Crippen LogP contribution in [-0.2, 0) is 0 Å². The fourth-order valence-corrected chi connectivity index (χ4v) is 2.78. The summed E-state index contributed by atoms with van der Waals surface area (Å²) < 4.78 is 5.19. The fourth-order valence-electron chi connectivity index (χ4n) is 2.78. The van der Waals surface area contributed by atoms with Crippen molar-refractivity contribution in [1.82, 2.24) is 5.32 Å². The van der Waals surface area contributed by atoms with Crippen LogP contribution in [0.1, 0.15) is 27.5 Å². The molecule has 0 aliphatic carbocycles. The summed E-state index contributed by atoms with van der Waals surface area (Å²) in [5, 5.41) is 13.9. The number of rotatable bonds is 6. The van der Waals surface area contributed by atoms with Crippen molar-refractivity contribution in [2.24, 2.45) is 0 Å². The Morgan fingerprint density at radius 1 is 0.963 bits per heavy atom. The van der Waals surface area contributed by atoms with Crippen molar-refractivity contribution in [3.05, 3.63) is 106 Å². The first-order valence-electron chi connectivity index (χ1n) is 8.32. The average molecular weight is 362 g/mol. The smallest absolute Gasteiger partial charge is 0.270 e. The second kappa shape index (κ2) is 8.14. The zero-order chi connectivity index (χ0) is 19.2. The predicted molar refractivity (Wildman–Crippen MR) is 102 cm³/mol. The number of non-ortho nitro benzene ring substituents is 1. The molecule has 6 heteroatoms. The average Bonchev–Trinajstić information content (AvgIpc) is 2.72. The van der Waals surface area contributed by atoms with Crippen LogP contribution in [-0.4, -0.2) is 17.9 Å². The lowest BCUT2D eigenvalue weighted by atomic mass is 9.98. The van der Waals surface area contributed by atoms with Gasteiger partial charge in [-0.25, -0.2) is 0 Å². The molecule has 3 aromatic rings. The Morgan fingerprint density at radius 3 is 2.26 bits per heavy atom. The summed E-state index contributed by atoms with van der Waals surface area (Å²) in [4.78, 5) is 23.2. The minimum Gasteiger partial charge on any atom is -0.497 e. The Balaban J connectivity index is 1.92. The lowest BCUT2D eigenvalue weighted by molar-refractivity contribution is -0.384. The molecule has 0 saturated heterocycles. The number of hydrogen-bond acceptors (Lipinski definition) is 4.